The van der Waals surface area contributed by atoms with Crippen molar-refractivity contribution in [1.82, 2.24) is 19.4 Å². The standard InChI is InChI=1S/C23H33F3N4O5S/c1-3-10-28-11-8-18(9-12-28)15-27-22(32)21-16-29(17(2)31)13-14-30(21)36(33,34)20-6-4-19(5-7-20)35-23(24,25)26/h4-7,18,21H,3,8-16H2,1-2H3,(H,27,32)/t21-/m1/s1. The number of hydrogen-bond acceptors (Lipinski definition) is 6. The van der Waals surface area contributed by atoms with E-state index in [1.165, 1.54) is 11.8 Å². The molecule has 1 aromatic rings. The van der Waals surface area contributed by atoms with Gasteiger partial charge in [0.05, 0.1) is 4.90 Å². The maximum atomic E-state index is 13.4. The van der Waals surface area contributed by atoms with Crippen molar-refractivity contribution in [2.24, 2.45) is 5.92 Å². The van der Waals surface area contributed by atoms with Gasteiger partial charge in [0.25, 0.3) is 0 Å². The van der Waals surface area contributed by atoms with Gasteiger partial charge in [0.1, 0.15) is 11.8 Å². The van der Waals surface area contributed by atoms with Crippen LogP contribution in [0.25, 0.3) is 0 Å². The molecule has 36 heavy (non-hydrogen) atoms. The molecule has 0 radical (unpaired) electrons. The lowest BCUT2D eigenvalue weighted by molar-refractivity contribution is -0.274. The number of nitrogens with zero attached hydrogens (tertiary/aromatic N) is 3. The third-order valence-electron chi connectivity index (χ3n) is 6.56. The van der Waals surface area contributed by atoms with E-state index in [1.54, 1.807) is 0 Å². The van der Waals surface area contributed by atoms with Crippen LogP contribution in [0.5, 0.6) is 5.75 Å². The molecule has 13 heteroatoms. The number of carbonyl (C=O) groups is 2. The first-order valence-corrected chi connectivity index (χ1v) is 13.5. The maximum absolute atomic E-state index is 13.4. The minimum Gasteiger partial charge on any atom is -0.406 e. The van der Waals surface area contributed by atoms with Crippen LogP contribution in [-0.4, -0.2) is 92.6 Å². The number of alkyl halides is 3. The molecule has 1 N–H and O–H groups in total. The molecule has 0 aromatic heterocycles. The Hall–Kier alpha value is -2.38. The number of rotatable bonds is 8. The van der Waals surface area contributed by atoms with Crippen LogP contribution in [0, 0.1) is 5.92 Å². The van der Waals surface area contributed by atoms with Gasteiger partial charge in [-0.1, -0.05) is 6.92 Å². The van der Waals surface area contributed by atoms with Crippen molar-refractivity contribution in [2.75, 3.05) is 45.8 Å². The Balaban J connectivity index is 1.71. The van der Waals surface area contributed by atoms with E-state index in [1.807, 2.05) is 0 Å². The third kappa shape index (κ3) is 7.32. The summed E-state index contributed by atoms with van der Waals surface area (Å²) in [6.45, 7) is 6.71. The number of amides is 2. The molecule has 0 saturated carbocycles. The number of likely N-dealkylation sites (tertiary alicyclic amines) is 1. The van der Waals surface area contributed by atoms with E-state index in [-0.39, 0.29) is 36.4 Å². The van der Waals surface area contributed by atoms with Crippen LogP contribution in [0.2, 0.25) is 0 Å². The monoisotopic (exact) mass is 534 g/mol. The highest BCUT2D eigenvalue weighted by molar-refractivity contribution is 7.89. The number of ether oxygens (including phenoxy) is 1. The molecule has 2 amide bonds. The van der Waals surface area contributed by atoms with Gasteiger partial charge in [-0.2, -0.15) is 4.31 Å². The van der Waals surface area contributed by atoms with Crippen molar-refractivity contribution in [1.29, 1.82) is 0 Å². The molecule has 202 valence electrons. The zero-order valence-electron chi connectivity index (χ0n) is 20.5. The largest absolute Gasteiger partial charge is 0.573 e. The fraction of sp³-hybridized carbons (Fsp3) is 0.652. The summed E-state index contributed by atoms with van der Waals surface area (Å²) >= 11 is 0. The second kappa shape index (κ2) is 11.8. The van der Waals surface area contributed by atoms with Gasteiger partial charge in [0.15, 0.2) is 0 Å². The third-order valence-corrected chi connectivity index (χ3v) is 8.48. The zero-order valence-corrected chi connectivity index (χ0v) is 21.3. The van der Waals surface area contributed by atoms with Crippen LogP contribution < -0.4 is 10.1 Å². The quantitative estimate of drug-likeness (QED) is 0.548. The molecule has 0 unspecified atom stereocenters. The van der Waals surface area contributed by atoms with Gasteiger partial charge in [-0.25, -0.2) is 8.42 Å². The van der Waals surface area contributed by atoms with Crippen molar-refractivity contribution in [3.8, 4) is 5.75 Å². The highest BCUT2D eigenvalue weighted by Crippen LogP contribution is 2.27. The molecule has 2 aliphatic rings. The minimum absolute atomic E-state index is 0.101. The van der Waals surface area contributed by atoms with E-state index in [4.69, 9.17) is 0 Å². The fourth-order valence-corrected chi connectivity index (χ4v) is 6.17. The molecule has 1 atom stereocenters. The molecule has 2 saturated heterocycles. The van der Waals surface area contributed by atoms with Crippen molar-refractivity contribution < 1.29 is 35.9 Å². The minimum atomic E-state index is -4.90. The molecule has 0 spiro atoms. The Labute approximate surface area is 209 Å². The van der Waals surface area contributed by atoms with E-state index >= 15 is 0 Å². The molecule has 2 heterocycles. The normalized spacial score (nSPS) is 20.8. The predicted octanol–water partition coefficient (Wildman–Crippen LogP) is 2.04. The number of benzene rings is 1. The van der Waals surface area contributed by atoms with Gasteiger partial charge in [-0.3, -0.25) is 9.59 Å². The average Bonchev–Trinajstić information content (AvgIpc) is 2.82. The summed E-state index contributed by atoms with van der Waals surface area (Å²) in [6.07, 6.45) is -1.96. The van der Waals surface area contributed by atoms with Gasteiger partial charge < -0.3 is 19.9 Å². The molecule has 0 aliphatic carbocycles. The van der Waals surface area contributed by atoms with E-state index in [2.05, 4.69) is 21.9 Å². The Morgan fingerprint density at radius 1 is 1.08 bits per heavy atom. The lowest BCUT2D eigenvalue weighted by Gasteiger charge is -2.39. The lowest BCUT2D eigenvalue weighted by atomic mass is 9.96. The van der Waals surface area contributed by atoms with Crippen LogP contribution in [0.1, 0.15) is 33.1 Å². The molecule has 3 rings (SSSR count). The van der Waals surface area contributed by atoms with Gasteiger partial charge in [-0.15, -0.1) is 13.2 Å². The van der Waals surface area contributed by atoms with Crippen LogP contribution in [0.3, 0.4) is 0 Å². The van der Waals surface area contributed by atoms with Crippen LogP contribution in [0.4, 0.5) is 13.2 Å². The molecular formula is C23H33F3N4O5S. The van der Waals surface area contributed by atoms with Crippen molar-refractivity contribution in [3.63, 3.8) is 0 Å². The van der Waals surface area contributed by atoms with E-state index in [0.29, 0.717) is 6.54 Å². The van der Waals surface area contributed by atoms with Crippen LogP contribution >= 0.6 is 0 Å². The van der Waals surface area contributed by atoms with Gasteiger partial charge in [0.2, 0.25) is 21.8 Å². The molecule has 2 aliphatic heterocycles. The first-order chi connectivity index (χ1) is 16.9. The number of nitrogens with one attached hydrogen (secondary N) is 1. The Bertz CT molecular complexity index is 1010. The Morgan fingerprint density at radius 3 is 2.28 bits per heavy atom. The lowest BCUT2D eigenvalue weighted by Crippen LogP contribution is -2.61. The SMILES string of the molecule is CCCN1CCC(CNC(=O)[C@H]2CN(C(C)=O)CCN2S(=O)(=O)c2ccc(OC(F)(F)F)cc2)CC1. The molecule has 2 fully saturated rings. The summed E-state index contributed by atoms with van der Waals surface area (Å²) in [5.74, 6) is -1.05. The number of carbonyl (C=O) groups excluding carboxylic acids is 2. The average molecular weight is 535 g/mol. The number of piperidine rings is 1. The summed E-state index contributed by atoms with van der Waals surface area (Å²) in [5.41, 5.74) is 0. The van der Waals surface area contributed by atoms with E-state index in [0.717, 1.165) is 67.5 Å². The van der Waals surface area contributed by atoms with Gasteiger partial charge in [0, 0.05) is 33.1 Å². The fourth-order valence-electron chi connectivity index (χ4n) is 4.60. The van der Waals surface area contributed by atoms with Crippen molar-refractivity contribution in [2.45, 2.75) is 50.4 Å². The summed E-state index contributed by atoms with van der Waals surface area (Å²) < 4.78 is 68.9. The van der Waals surface area contributed by atoms with Crippen molar-refractivity contribution in [3.05, 3.63) is 24.3 Å². The smallest absolute Gasteiger partial charge is 0.406 e. The number of halogens is 3. The van der Waals surface area contributed by atoms with Gasteiger partial charge in [-0.05, 0) is 69.1 Å². The van der Waals surface area contributed by atoms with E-state index in [9.17, 15) is 31.2 Å². The molecule has 9 nitrogen and oxygen atoms in total. The second-order valence-electron chi connectivity index (χ2n) is 9.15. The highest BCUT2D eigenvalue weighted by atomic mass is 32.2. The number of hydrogen-bond donors (Lipinski definition) is 1. The summed E-state index contributed by atoms with van der Waals surface area (Å²) in [7, 11) is -4.23. The van der Waals surface area contributed by atoms with Gasteiger partial charge >= 0.3 is 6.36 Å². The topological polar surface area (TPSA) is 99.3 Å². The Kier molecular flexibility index (Phi) is 9.23. The second-order valence-corrected chi connectivity index (χ2v) is 11.0. The highest BCUT2D eigenvalue weighted by Gasteiger charge is 2.41. The molecule has 0 bridgehead atoms. The first kappa shape index (κ1) is 28.2. The van der Waals surface area contributed by atoms with Crippen molar-refractivity contribution >= 4 is 21.8 Å². The first-order valence-electron chi connectivity index (χ1n) is 12.0. The van der Waals surface area contributed by atoms with E-state index < -0.39 is 34.1 Å². The molecule has 1 aromatic carbocycles. The number of sulfonamides is 1. The number of piperazine rings is 1. The van der Waals surface area contributed by atoms with Crippen LogP contribution in [0.15, 0.2) is 29.2 Å². The zero-order chi connectivity index (χ0) is 26.5. The maximum Gasteiger partial charge on any atom is 0.573 e. The van der Waals surface area contributed by atoms with Crippen LogP contribution in [-0.2, 0) is 19.6 Å². The predicted molar refractivity (Wildman–Crippen MR) is 126 cm³/mol. The summed E-state index contributed by atoms with van der Waals surface area (Å²) in [5, 5.41) is 2.87. The molecular weight excluding hydrogens is 501 g/mol. The Morgan fingerprint density at radius 2 is 1.72 bits per heavy atom. The summed E-state index contributed by atoms with van der Waals surface area (Å²) in [6, 6.07) is 2.68. The summed E-state index contributed by atoms with van der Waals surface area (Å²) in [4.78, 5) is 28.6.